The van der Waals surface area contributed by atoms with Crippen LogP contribution < -0.4 is 5.32 Å². The maximum absolute atomic E-state index is 12.1. The van der Waals surface area contributed by atoms with E-state index in [2.05, 4.69) is 10.3 Å². The van der Waals surface area contributed by atoms with Crippen LogP contribution in [0.1, 0.15) is 33.8 Å². The minimum Gasteiger partial charge on any atom is -0.351 e. The third kappa shape index (κ3) is 5.02. The van der Waals surface area contributed by atoms with E-state index in [1.54, 1.807) is 12.1 Å². The van der Waals surface area contributed by atoms with Crippen molar-refractivity contribution in [3.8, 4) is 10.6 Å². The van der Waals surface area contributed by atoms with E-state index < -0.39 is 0 Å². The Labute approximate surface area is 167 Å². The molecule has 4 nitrogen and oxygen atoms in total. The molecule has 3 aromatic rings. The van der Waals surface area contributed by atoms with Crippen molar-refractivity contribution in [2.24, 2.45) is 0 Å². The Morgan fingerprint density at radius 3 is 2.48 bits per heavy atom. The first-order valence-electron chi connectivity index (χ1n) is 8.60. The highest BCUT2D eigenvalue weighted by atomic mass is 35.5. The number of aromatic nitrogens is 1. The number of benzene rings is 2. The Kier molecular flexibility index (Phi) is 6.37. The molecular weight excluding hydrogens is 380 g/mol. The molecule has 1 N–H and O–H groups in total. The van der Waals surface area contributed by atoms with Gasteiger partial charge in [0.2, 0.25) is 5.91 Å². The summed E-state index contributed by atoms with van der Waals surface area (Å²) in [5.41, 5.74) is 2.39. The van der Waals surface area contributed by atoms with Crippen molar-refractivity contribution in [3.05, 3.63) is 75.8 Å². The van der Waals surface area contributed by atoms with Crippen LogP contribution in [0.15, 0.2) is 54.6 Å². The molecule has 1 amide bonds. The van der Waals surface area contributed by atoms with E-state index in [4.69, 9.17) is 11.6 Å². The number of Topliss-reactive ketones (excluding diaryl/α,β-unsaturated/α-hetero) is 1. The largest absolute Gasteiger partial charge is 0.351 e. The molecule has 1 aromatic heterocycles. The van der Waals surface area contributed by atoms with Crippen LogP contribution in [-0.2, 0) is 11.3 Å². The molecule has 0 aliphatic carbocycles. The lowest BCUT2D eigenvalue weighted by atomic mass is 10.1. The summed E-state index contributed by atoms with van der Waals surface area (Å²) in [4.78, 5) is 29.7. The van der Waals surface area contributed by atoms with Crippen LogP contribution >= 0.6 is 22.9 Å². The summed E-state index contributed by atoms with van der Waals surface area (Å²) in [5, 5.41) is 4.36. The molecule has 1 heterocycles. The molecule has 0 atom stereocenters. The van der Waals surface area contributed by atoms with Crippen molar-refractivity contribution in [2.45, 2.75) is 26.3 Å². The van der Waals surface area contributed by atoms with Gasteiger partial charge in [0.15, 0.2) is 5.78 Å². The zero-order valence-corrected chi connectivity index (χ0v) is 16.4. The van der Waals surface area contributed by atoms with Gasteiger partial charge in [-0.2, -0.15) is 0 Å². The number of halogens is 1. The quantitative estimate of drug-likeness (QED) is 0.566. The summed E-state index contributed by atoms with van der Waals surface area (Å²) in [5.74, 6) is -0.174. The lowest BCUT2D eigenvalue weighted by Gasteiger charge is -2.04. The zero-order chi connectivity index (χ0) is 19.2. The van der Waals surface area contributed by atoms with Crippen LogP contribution in [-0.4, -0.2) is 16.7 Å². The lowest BCUT2D eigenvalue weighted by Crippen LogP contribution is -2.23. The molecule has 2 aromatic carbocycles. The normalized spacial score (nSPS) is 10.6. The molecule has 0 fully saturated rings. The van der Waals surface area contributed by atoms with Gasteiger partial charge in [-0.25, -0.2) is 4.98 Å². The van der Waals surface area contributed by atoms with Crippen molar-refractivity contribution < 1.29 is 9.59 Å². The highest BCUT2D eigenvalue weighted by Crippen LogP contribution is 2.32. The maximum Gasteiger partial charge on any atom is 0.220 e. The Bertz CT molecular complexity index is 954. The number of thiazole rings is 1. The second kappa shape index (κ2) is 8.93. The summed E-state index contributed by atoms with van der Waals surface area (Å²) in [6.07, 6.45) is 0.366. The molecule has 0 bridgehead atoms. The molecule has 0 unspecified atom stereocenters. The average molecular weight is 399 g/mol. The van der Waals surface area contributed by atoms with Crippen LogP contribution in [0.4, 0.5) is 0 Å². The van der Waals surface area contributed by atoms with Gasteiger partial charge >= 0.3 is 0 Å². The number of carbonyl (C=O) groups is 2. The third-order valence-electron chi connectivity index (χ3n) is 4.12. The van der Waals surface area contributed by atoms with Crippen LogP contribution in [0.2, 0.25) is 5.02 Å². The molecule has 0 spiro atoms. The van der Waals surface area contributed by atoms with Crippen LogP contribution in [0.5, 0.6) is 0 Å². The predicted octanol–water partition coefficient (Wildman–Crippen LogP) is 5.05. The monoisotopic (exact) mass is 398 g/mol. The van der Waals surface area contributed by atoms with Crippen molar-refractivity contribution >= 4 is 34.6 Å². The van der Waals surface area contributed by atoms with Gasteiger partial charge < -0.3 is 5.32 Å². The summed E-state index contributed by atoms with van der Waals surface area (Å²) in [7, 11) is 0. The Hall–Kier alpha value is -2.50. The Morgan fingerprint density at radius 2 is 1.74 bits per heavy atom. The molecular formula is C21H19ClN2O2S. The second-order valence-corrected chi connectivity index (χ2v) is 7.56. The predicted molar refractivity (Wildman–Crippen MR) is 109 cm³/mol. The molecule has 3 rings (SSSR count). The number of hydrogen-bond acceptors (Lipinski definition) is 4. The summed E-state index contributed by atoms with van der Waals surface area (Å²) in [6.45, 7) is 2.31. The average Bonchev–Trinajstić information content (AvgIpc) is 3.06. The van der Waals surface area contributed by atoms with E-state index in [0.717, 1.165) is 21.1 Å². The van der Waals surface area contributed by atoms with Gasteiger partial charge in [0.05, 0.1) is 17.3 Å². The molecule has 0 saturated carbocycles. The van der Waals surface area contributed by atoms with Gasteiger partial charge in [-0.15, -0.1) is 11.3 Å². The number of rotatable bonds is 7. The fourth-order valence-corrected chi connectivity index (χ4v) is 3.93. The van der Waals surface area contributed by atoms with Crippen LogP contribution in [0.3, 0.4) is 0 Å². The Balaban J connectivity index is 1.55. The molecule has 0 saturated heterocycles. The topological polar surface area (TPSA) is 59.1 Å². The zero-order valence-electron chi connectivity index (χ0n) is 14.9. The van der Waals surface area contributed by atoms with Gasteiger partial charge in [-0.05, 0) is 13.0 Å². The third-order valence-corrected chi connectivity index (χ3v) is 5.64. The minimum atomic E-state index is -0.147. The SMILES string of the molecule is Cc1nc(-c2ccccc2Cl)sc1CNC(=O)CCC(=O)c1ccccc1. The fraction of sp³-hybridized carbons (Fsp3) is 0.190. The van der Waals surface area contributed by atoms with Crippen molar-refractivity contribution in [2.75, 3.05) is 0 Å². The smallest absolute Gasteiger partial charge is 0.220 e. The van der Waals surface area contributed by atoms with Crippen molar-refractivity contribution in [1.29, 1.82) is 0 Å². The minimum absolute atomic E-state index is 0.0271. The first-order valence-corrected chi connectivity index (χ1v) is 9.80. The number of hydrogen-bond donors (Lipinski definition) is 1. The fourth-order valence-electron chi connectivity index (χ4n) is 2.60. The number of nitrogens with zero attached hydrogens (tertiary/aromatic N) is 1. The molecule has 0 aliphatic rings. The molecule has 0 aliphatic heterocycles. The van der Waals surface area contributed by atoms with Gasteiger partial charge in [0.1, 0.15) is 5.01 Å². The van der Waals surface area contributed by atoms with Crippen molar-refractivity contribution in [3.63, 3.8) is 0 Å². The van der Waals surface area contributed by atoms with E-state index in [9.17, 15) is 9.59 Å². The van der Waals surface area contributed by atoms with E-state index >= 15 is 0 Å². The lowest BCUT2D eigenvalue weighted by molar-refractivity contribution is -0.121. The van der Waals surface area contributed by atoms with E-state index in [-0.39, 0.29) is 24.5 Å². The molecule has 0 radical (unpaired) electrons. The summed E-state index contributed by atoms with van der Waals surface area (Å²) < 4.78 is 0. The van der Waals surface area contributed by atoms with Crippen LogP contribution in [0.25, 0.3) is 10.6 Å². The number of ketones is 1. The van der Waals surface area contributed by atoms with Gasteiger partial charge in [-0.1, -0.05) is 60.1 Å². The number of aryl methyl sites for hydroxylation is 1. The van der Waals surface area contributed by atoms with E-state index in [1.165, 1.54) is 11.3 Å². The Morgan fingerprint density at radius 1 is 1.04 bits per heavy atom. The highest BCUT2D eigenvalue weighted by Gasteiger charge is 2.13. The van der Waals surface area contributed by atoms with Gasteiger partial charge in [0, 0.05) is 28.8 Å². The number of nitrogens with one attached hydrogen (secondary N) is 1. The van der Waals surface area contributed by atoms with Gasteiger partial charge in [0.25, 0.3) is 0 Å². The number of amides is 1. The van der Waals surface area contributed by atoms with Gasteiger partial charge in [-0.3, -0.25) is 9.59 Å². The summed E-state index contributed by atoms with van der Waals surface area (Å²) >= 11 is 7.75. The first-order chi connectivity index (χ1) is 13.0. The number of carbonyl (C=O) groups excluding carboxylic acids is 2. The van der Waals surface area contributed by atoms with Crippen LogP contribution in [0, 0.1) is 6.92 Å². The highest BCUT2D eigenvalue weighted by molar-refractivity contribution is 7.15. The van der Waals surface area contributed by atoms with E-state index in [0.29, 0.717) is 17.1 Å². The first kappa shape index (κ1) is 19.3. The second-order valence-electron chi connectivity index (χ2n) is 6.07. The molecule has 27 heavy (non-hydrogen) atoms. The van der Waals surface area contributed by atoms with E-state index in [1.807, 2.05) is 49.4 Å². The maximum atomic E-state index is 12.1. The standard InChI is InChI=1S/C21H19ClN2O2S/c1-14-19(27-21(24-14)16-9-5-6-10-17(16)22)13-23-20(26)12-11-18(25)15-7-3-2-4-8-15/h2-10H,11-13H2,1H3,(H,23,26). The summed E-state index contributed by atoms with van der Waals surface area (Å²) in [6, 6.07) is 16.6. The molecule has 6 heteroatoms. The molecule has 138 valence electrons. The van der Waals surface area contributed by atoms with Crippen molar-refractivity contribution in [1.82, 2.24) is 10.3 Å².